The average Bonchev–Trinajstić information content (AvgIpc) is 2.03. The Hall–Kier alpha value is -0.0300. The van der Waals surface area contributed by atoms with Gasteiger partial charge in [-0.05, 0) is 12.1 Å². The number of carbonyl (C=O) groups excluding carboxylic acids is 1. The number of aromatic nitrogens is 1. The van der Waals surface area contributed by atoms with E-state index in [4.69, 9.17) is 0 Å². The Kier molecular flexibility index (Phi) is 6.47. The summed E-state index contributed by atoms with van der Waals surface area (Å²) in [6.07, 6.45) is 1.62. The molecule has 0 saturated heterocycles. The molecule has 0 unspecified atom stereocenters. The zero-order valence-corrected chi connectivity index (χ0v) is 9.50. The molecule has 0 saturated carbocycles. The Bertz CT molecular complexity index is 242. The first-order valence-corrected chi connectivity index (χ1v) is 4.01. The van der Waals surface area contributed by atoms with Gasteiger partial charge in [-0.25, -0.2) is 4.98 Å². The van der Waals surface area contributed by atoms with Gasteiger partial charge in [0, 0.05) is 11.9 Å². The van der Waals surface area contributed by atoms with Gasteiger partial charge < -0.3 is 9.90 Å². The topological polar surface area (TPSA) is 53.0 Å². The molecule has 0 spiro atoms. The molecule has 0 radical (unpaired) electrons. The number of nitrogens with zero attached hydrogens (tertiary/aromatic N) is 1. The molecule has 1 rings (SSSR count). The average molecular weight is 191 g/mol. The minimum atomic E-state index is -1.07. The first-order chi connectivity index (χ1) is 5.29. The van der Waals surface area contributed by atoms with Crippen molar-refractivity contribution in [1.82, 2.24) is 4.98 Å². The van der Waals surface area contributed by atoms with Crippen molar-refractivity contribution in [1.29, 1.82) is 0 Å². The third-order valence-corrected chi connectivity index (χ3v) is 1.89. The fraction of sp³-hybridized carbons (Fsp3) is 0.143. The summed E-state index contributed by atoms with van der Waals surface area (Å²) >= 11 is 1.16. The zero-order chi connectivity index (χ0) is 8.10. The minimum absolute atomic E-state index is 0. The fourth-order valence-corrected chi connectivity index (χ4v) is 1.14. The van der Waals surface area contributed by atoms with Gasteiger partial charge in [0.25, 0.3) is 0 Å². The fourth-order valence-electron chi connectivity index (χ4n) is 0.565. The van der Waals surface area contributed by atoms with Crippen molar-refractivity contribution in [2.45, 2.75) is 5.03 Å². The van der Waals surface area contributed by atoms with Gasteiger partial charge in [0.05, 0.1) is 11.0 Å². The van der Waals surface area contributed by atoms with Crippen LogP contribution in [-0.2, 0) is 4.79 Å². The minimum Gasteiger partial charge on any atom is -0.549 e. The summed E-state index contributed by atoms with van der Waals surface area (Å²) < 4.78 is 0. The van der Waals surface area contributed by atoms with Crippen molar-refractivity contribution in [2.24, 2.45) is 0 Å². The van der Waals surface area contributed by atoms with Crippen LogP contribution in [0, 0.1) is 0 Å². The number of carboxylic acid groups (broad SMARTS) is 1. The maximum atomic E-state index is 10.0. The summed E-state index contributed by atoms with van der Waals surface area (Å²) in [7, 11) is 0. The summed E-state index contributed by atoms with van der Waals surface area (Å²) in [5.74, 6) is -1.11. The number of carboxylic acids is 1. The standard InChI is InChI=1S/C7H7NO2S.Na/c9-7(10)5-11-6-3-1-2-4-8-6;/h1-4H,5H2,(H,9,10);/q;+1/p-1. The molecule has 1 heterocycles. The molecule has 5 heteroatoms. The number of rotatable bonds is 3. The molecular weight excluding hydrogens is 185 g/mol. The van der Waals surface area contributed by atoms with Gasteiger partial charge >= 0.3 is 29.6 Å². The smallest absolute Gasteiger partial charge is 0.549 e. The first kappa shape index (κ1) is 12.0. The number of carbonyl (C=O) groups is 1. The van der Waals surface area contributed by atoms with Crippen LogP contribution in [0.5, 0.6) is 0 Å². The Morgan fingerprint density at radius 2 is 2.33 bits per heavy atom. The SMILES string of the molecule is O=C([O-])CSc1ccccn1.[Na+]. The number of aliphatic carboxylic acids is 1. The second kappa shape index (κ2) is 6.48. The first-order valence-electron chi connectivity index (χ1n) is 3.03. The third-order valence-electron chi connectivity index (χ3n) is 0.976. The molecule has 0 N–H and O–H groups in total. The molecule has 0 aliphatic rings. The number of thioether (sulfide) groups is 1. The summed E-state index contributed by atoms with van der Waals surface area (Å²) in [5.41, 5.74) is 0. The van der Waals surface area contributed by atoms with E-state index in [9.17, 15) is 9.90 Å². The Labute approximate surface area is 96.9 Å². The van der Waals surface area contributed by atoms with E-state index in [0.717, 1.165) is 11.8 Å². The van der Waals surface area contributed by atoms with Crippen molar-refractivity contribution in [3.05, 3.63) is 24.4 Å². The quantitative estimate of drug-likeness (QED) is 0.376. The van der Waals surface area contributed by atoms with Gasteiger partial charge in [0.1, 0.15) is 0 Å². The van der Waals surface area contributed by atoms with Crippen LogP contribution in [0.2, 0.25) is 0 Å². The van der Waals surface area contributed by atoms with Gasteiger partial charge in [-0.1, -0.05) is 6.07 Å². The van der Waals surface area contributed by atoms with Crippen molar-refractivity contribution < 1.29 is 39.5 Å². The molecule has 0 aromatic carbocycles. The summed E-state index contributed by atoms with van der Waals surface area (Å²) in [6, 6.07) is 5.35. The van der Waals surface area contributed by atoms with Crippen LogP contribution in [0.25, 0.3) is 0 Å². The predicted octanol–water partition coefficient (Wildman–Crippen LogP) is -3.07. The molecule has 0 amide bonds. The number of hydrogen-bond donors (Lipinski definition) is 0. The van der Waals surface area contributed by atoms with Crippen LogP contribution < -0.4 is 34.7 Å². The van der Waals surface area contributed by atoms with Crippen molar-refractivity contribution in [2.75, 3.05) is 5.75 Å². The van der Waals surface area contributed by atoms with Crippen LogP contribution in [0.4, 0.5) is 0 Å². The van der Waals surface area contributed by atoms with Crippen LogP contribution in [0.3, 0.4) is 0 Å². The van der Waals surface area contributed by atoms with E-state index in [1.165, 1.54) is 0 Å². The van der Waals surface area contributed by atoms with E-state index in [1.54, 1.807) is 18.3 Å². The monoisotopic (exact) mass is 191 g/mol. The van der Waals surface area contributed by atoms with E-state index < -0.39 is 5.97 Å². The van der Waals surface area contributed by atoms with Crippen molar-refractivity contribution in [3.8, 4) is 0 Å². The van der Waals surface area contributed by atoms with E-state index in [0.29, 0.717) is 5.03 Å². The van der Waals surface area contributed by atoms with E-state index in [-0.39, 0.29) is 35.3 Å². The molecule has 58 valence electrons. The third kappa shape index (κ3) is 4.77. The van der Waals surface area contributed by atoms with Crippen LogP contribution in [-0.4, -0.2) is 16.7 Å². The summed E-state index contributed by atoms with van der Waals surface area (Å²) in [6.45, 7) is 0. The largest absolute Gasteiger partial charge is 1.00 e. The molecule has 0 fully saturated rings. The van der Waals surface area contributed by atoms with Gasteiger partial charge in [0.2, 0.25) is 0 Å². The maximum absolute atomic E-state index is 10.0. The molecule has 12 heavy (non-hydrogen) atoms. The van der Waals surface area contributed by atoms with E-state index in [2.05, 4.69) is 4.98 Å². The van der Waals surface area contributed by atoms with Gasteiger partial charge in [0.15, 0.2) is 0 Å². The summed E-state index contributed by atoms with van der Waals surface area (Å²) in [5, 5.41) is 10.7. The summed E-state index contributed by atoms with van der Waals surface area (Å²) in [4.78, 5) is 13.9. The normalized spacial score (nSPS) is 8.67. The zero-order valence-electron chi connectivity index (χ0n) is 6.69. The molecular formula is C7H6NNaO2S. The number of pyridine rings is 1. The Morgan fingerprint density at radius 3 is 2.83 bits per heavy atom. The predicted molar refractivity (Wildman–Crippen MR) is 40.0 cm³/mol. The molecule has 0 bridgehead atoms. The van der Waals surface area contributed by atoms with Crippen molar-refractivity contribution >= 4 is 17.7 Å². The maximum Gasteiger partial charge on any atom is 1.00 e. The van der Waals surface area contributed by atoms with Crippen LogP contribution >= 0.6 is 11.8 Å². The Morgan fingerprint density at radius 1 is 1.58 bits per heavy atom. The van der Waals surface area contributed by atoms with Gasteiger partial charge in [-0.15, -0.1) is 11.8 Å². The number of hydrogen-bond acceptors (Lipinski definition) is 4. The molecule has 1 aromatic heterocycles. The second-order valence-electron chi connectivity index (χ2n) is 1.83. The molecule has 1 aromatic rings. The molecule has 0 aliphatic carbocycles. The molecule has 0 aliphatic heterocycles. The van der Waals surface area contributed by atoms with E-state index in [1.807, 2.05) is 6.07 Å². The van der Waals surface area contributed by atoms with Crippen LogP contribution in [0.15, 0.2) is 29.4 Å². The van der Waals surface area contributed by atoms with Gasteiger partial charge in [-0.2, -0.15) is 0 Å². The second-order valence-corrected chi connectivity index (χ2v) is 2.82. The van der Waals surface area contributed by atoms with Crippen molar-refractivity contribution in [3.63, 3.8) is 0 Å². The molecule has 0 atom stereocenters. The van der Waals surface area contributed by atoms with Gasteiger partial charge in [-0.3, -0.25) is 0 Å². The molecule has 3 nitrogen and oxygen atoms in total. The van der Waals surface area contributed by atoms with E-state index >= 15 is 0 Å². The Balaban J connectivity index is 0.00000121. The van der Waals surface area contributed by atoms with Crippen LogP contribution in [0.1, 0.15) is 0 Å².